The molecule has 36 heavy (non-hydrogen) atoms. The largest absolute Gasteiger partial charge is 0.488 e. The van der Waals surface area contributed by atoms with Crippen LogP contribution < -0.4 is 10.1 Å². The van der Waals surface area contributed by atoms with E-state index >= 15 is 4.39 Å². The second kappa shape index (κ2) is 9.99. The Hall–Kier alpha value is -3.30. The molecule has 0 bridgehead atoms. The highest BCUT2D eigenvalue weighted by molar-refractivity contribution is 6.05. The van der Waals surface area contributed by atoms with Gasteiger partial charge in [-0.25, -0.2) is 4.39 Å². The highest BCUT2D eigenvalue weighted by atomic mass is 19.1. The van der Waals surface area contributed by atoms with Gasteiger partial charge in [0.15, 0.2) is 0 Å². The Labute approximate surface area is 219 Å². The Morgan fingerprint density at radius 3 is 2.75 bits per heavy atom. The van der Waals surface area contributed by atoms with Crippen LogP contribution in [-0.4, -0.2) is 58.8 Å². The summed E-state index contributed by atoms with van der Waals surface area (Å²) in [5.74, 6) is -4.60. The lowest BCUT2D eigenvalue weighted by Gasteiger charge is -2.35. The Kier molecular flexibility index (Phi) is 4.77. The zero-order chi connectivity index (χ0) is 31.7. The molecule has 3 amide bonds. The van der Waals surface area contributed by atoms with Crippen LogP contribution in [0.4, 0.5) is 4.39 Å². The molecule has 0 spiro atoms. The van der Waals surface area contributed by atoms with Gasteiger partial charge >= 0.3 is 0 Å². The van der Waals surface area contributed by atoms with E-state index in [-0.39, 0.29) is 46.8 Å². The van der Waals surface area contributed by atoms with E-state index in [0.29, 0.717) is 18.0 Å². The minimum absolute atomic E-state index is 0.0248. The number of hydrogen-bond donors (Lipinski definition) is 1. The third-order valence-electron chi connectivity index (χ3n) is 6.07. The highest BCUT2D eigenvalue weighted by Gasteiger charge is 2.40. The summed E-state index contributed by atoms with van der Waals surface area (Å²) in [4.78, 5) is 40.2. The molecule has 3 aliphatic heterocycles. The molecule has 5 rings (SSSR count). The molecule has 0 radical (unpaired) electrons. The normalized spacial score (nSPS) is 32.7. The first kappa shape index (κ1) is 17.2. The first-order valence-electron chi connectivity index (χ1n) is 15.0. The number of piperidine rings is 1. The Balaban J connectivity index is 1.36. The highest BCUT2D eigenvalue weighted by Crippen LogP contribution is 2.34. The fourth-order valence-electron chi connectivity index (χ4n) is 4.52. The van der Waals surface area contributed by atoms with Crippen LogP contribution >= 0.6 is 0 Å². The lowest BCUT2D eigenvalue weighted by atomic mass is 10.0. The van der Waals surface area contributed by atoms with Crippen LogP contribution in [0.25, 0.3) is 0 Å². The molecule has 2 saturated heterocycles. The number of carbonyl (C=O) groups excluding carboxylic acids is 3. The maximum absolute atomic E-state index is 15.2. The summed E-state index contributed by atoms with van der Waals surface area (Å²) in [7, 11) is 0. The molecule has 0 saturated carbocycles. The summed E-state index contributed by atoms with van der Waals surface area (Å²) >= 11 is 0. The molecule has 9 heteroatoms. The van der Waals surface area contributed by atoms with E-state index in [1.54, 1.807) is 10.2 Å². The quantitative estimate of drug-likeness (QED) is 0.612. The second-order valence-corrected chi connectivity index (χ2v) is 8.92. The third-order valence-corrected chi connectivity index (χ3v) is 6.07. The molecule has 2 aromatic rings. The Morgan fingerprint density at radius 1 is 1.22 bits per heavy atom. The molecule has 0 aliphatic carbocycles. The number of nitrogens with zero attached hydrogens (tertiary/aromatic N) is 2. The predicted octanol–water partition coefficient (Wildman–Crippen LogP) is 2.77. The topological polar surface area (TPSA) is 88.2 Å². The molecular formula is C27H30FN3O5. The van der Waals surface area contributed by atoms with Crippen LogP contribution in [0.2, 0.25) is 0 Å². The number of carbonyl (C=O) groups is 3. The van der Waals surface area contributed by atoms with Crippen LogP contribution in [0.5, 0.6) is 5.75 Å². The smallest absolute Gasteiger partial charge is 0.255 e. The van der Waals surface area contributed by atoms with Crippen molar-refractivity contribution >= 4 is 17.7 Å². The van der Waals surface area contributed by atoms with Gasteiger partial charge in [-0.15, -0.1) is 0 Å². The molecule has 2 fully saturated rings. The molecule has 190 valence electrons. The van der Waals surface area contributed by atoms with Gasteiger partial charge in [-0.1, -0.05) is 18.2 Å². The summed E-state index contributed by atoms with van der Waals surface area (Å²) in [6.07, 6.45) is -7.08. The lowest BCUT2D eigenvalue weighted by molar-refractivity contribution is -0.136. The van der Waals surface area contributed by atoms with Gasteiger partial charge in [0.2, 0.25) is 11.8 Å². The number of hydrogen-bond acceptors (Lipinski definition) is 6. The standard InChI is InChI=1S/C27H30FN3O5/c1-16-11-30(12-17(2)36-16)13-18-6-7-19(22(28)10-18)15-35-24-5-3-4-20-21(24)14-31(27(20)34)23-8-9-25(32)29-26(23)33/h3-7,10,16-17,23H,8-9,11-15H2,1-2H3,(H,29,32,33)/i8D2,9D2,13D2,23D. The fraction of sp³-hybridized carbons (Fsp3) is 0.444. The molecule has 0 aromatic heterocycles. The average Bonchev–Trinajstić information content (AvgIpc) is 3.27. The van der Waals surface area contributed by atoms with E-state index in [0.717, 1.165) is 6.07 Å². The van der Waals surface area contributed by atoms with Gasteiger partial charge in [-0.2, -0.15) is 0 Å². The van der Waals surface area contributed by atoms with Crippen LogP contribution in [-0.2, 0) is 34.0 Å². The summed E-state index contributed by atoms with van der Waals surface area (Å²) in [5, 5.41) is 1.66. The zero-order valence-corrected chi connectivity index (χ0v) is 19.8. The number of benzene rings is 2. The first-order valence-corrected chi connectivity index (χ1v) is 11.5. The average molecular weight is 503 g/mol. The maximum atomic E-state index is 15.2. The van der Waals surface area contributed by atoms with Crippen molar-refractivity contribution in [2.24, 2.45) is 0 Å². The minimum atomic E-state index is -3.41. The molecular weight excluding hydrogens is 465 g/mol. The van der Waals surface area contributed by atoms with Crippen molar-refractivity contribution in [1.29, 1.82) is 0 Å². The number of nitrogens with one attached hydrogen (secondary N) is 1. The lowest BCUT2D eigenvalue weighted by Crippen LogP contribution is -2.52. The number of imide groups is 1. The van der Waals surface area contributed by atoms with Crippen molar-refractivity contribution in [3.05, 3.63) is 64.5 Å². The molecule has 3 atom stereocenters. The van der Waals surface area contributed by atoms with Crippen molar-refractivity contribution in [1.82, 2.24) is 15.1 Å². The van der Waals surface area contributed by atoms with E-state index < -0.39 is 55.3 Å². The van der Waals surface area contributed by atoms with Gasteiger partial charge in [0.05, 0.1) is 20.1 Å². The van der Waals surface area contributed by atoms with Crippen molar-refractivity contribution in [2.45, 2.75) is 64.5 Å². The van der Waals surface area contributed by atoms with Gasteiger partial charge in [0.1, 0.15) is 24.2 Å². The SMILES string of the molecule is [2H]C([2H])(c1ccc(COc2cccc3c2CN(C2([2H])C(=O)NC(=O)C([2H])([2H])C2([2H])[2H])C3=O)c(F)c1)N1CC(C)OC(C)C1. The summed E-state index contributed by atoms with van der Waals surface area (Å²) < 4.78 is 84.9. The monoisotopic (exact) mass is 502 g/mol. The molecule has 3 unspecified atom stereocenters. The van der Waals surface area contributed by atoms with Crippen molar-refractivity contribution in [3.8, 4) is 5.75 Å². The van der Waals surface area contributed by atoms with E-state index in [4.69, 9.17) is 19.1 Å². The van der Waals surface area contributed by atoms with Gasteiger partial charge in [-0.05, 0) is 44.0 Å². The van der Waals surface area contributed by atoms with Gasteiger partial charge in [0, 0.05) is 50.9 Å². The van der Waals surface area contributed by atoms with Crippen molar-refractivity contribution < 1.29 is 37.8 Å². The van der Waals surface area contributed by atoms with Gasteiger partial charge in [-0.3, -0.25) is 24.6 Å². The summed E-state index contributed by atoms with van der Waals surface area (Å²) in [6.45, 7) is 1.56. The van der Waals surface area contributed by atoms with Crippen LogP contribution in [0.3, 0.4) is 0 Å². The molecule has 1 N–H and O–H groups in total. The Morgan fingerprint density at radius 2 is 2.00 bits per heavy atom. The van der Waals surface area contributed by atoms with Gasteiger partial charge in [0.25, 0.3) is 5.91 Å². The Bertz CT molecular complexity index is 1500. The third kappa shape index (κ3) is 4.99. The van der Waals surface area contributed by atoms with E-state index in [1.165, 1.54) is 30.3 Å². The van der Waals surface area contributed by atoms with Crippen molar-refractivity contribution in [2.75, 3.05) is 13.1 Å². The van der Waals surface area contributed by atoms with Crippen LogP contribution in [0, 0.1) is 5.82 Å². The molecule has 3 aliphatic rings. The number of halogens is 1. The summed E-state index contributed by atoms with van der Waals surface area (Å²) in [5.41, 5.74) is 0.358. The van der Waals surface area contributed by atoms with Gasteiger partial charge < -0.3 is 14.4 Å². The number of morpholine rings is 1. The number of rotatable bonds is 6. The number of amides is 3. The van der Waals surface area contributed by atoms with Crippen LogP contribution in [0.1, 0.15) is 63.2 Å². The maximum Gasteiger partial charge on any atom is 0.255 e. The first-order chi connectivity index (χ1) is 19.9. The van der Waals surface area contributed by atoms with Crippen molar-refractivity contribution in [3.63, 3.8) is 0 Å². The predicted molar refractivity (Wildman–Crippen MR) is 129 cm³/mol. The second-order valence-electron chi connectivity index (χ2n) is 8.92. The number of fused-ring (bicyclic) bond motifs is 1. The van der Waals surface area contributed by atoms with E-state index in [9.17, 15) is 14.4 Å². The van der Waals surface area contributed by atoms with E-state index in [2.05, 4.69) is 0 Å². The summed E-state index contributed by atoms with van der Waals surface area (Å²) in [6, 6.07) is 5.13. The zero-order valence-electron chi connectivity index (χ0n) is 26.8. The van der Waals surface area contributed by atoms with E-state index in [1.807, 2.05) is 13.8 Å². The molecule has 2 aromatic carbocycles. The molecule has 8 nitrogen and oxygen atoms in total. The molecule has 3 heterocycles. The minimum Gasteiger partial charge on any atom is -0.488 e. The number of ether oxygens (including phenoxy) is 2. The fourth-order valence-corrected chi connectivity index (χ4v) is 4.52. The van der Waals surface area contributed by atoms with Crippen LogP contribution in [0.15, 0.2) is 36.4 Å².